The highest BCUT2D eigenvalue weighted by molar-refractivity contribution is 5.96. The Morgan fingerprint density at radius 3 is 2.86 bits per heavy atom. The number of likely N-dealkylation sites (tertiary alicyclic amines) is 1. The summed E-state index contributed by atoms with van der Waals surface area (Å²) in [6.07, 6.45) is 2.15. The Labute approximate surface area is 130 Å². The molecule has 7 heteroatoms. The van der Waals surface area contributed by atoms with Crippen molar-refractivity contribution >= 4 is 11.9 Å². The molecule has 0 aliphatic carbocycles. The van der Waals surface area contributed by atoms with Gasteiger partial charge in [-0.1, -0.05) is 0 Å². The molecule has 2 fully saturated rings. The summed E-state index contributed by atoms with van der Waals surface area (Å²) in [5.41, 5.74) is 2.17. The van der Waals surface area contributed by atoms with Crippen LogP contribution in [-0.4, -0.2) is 63.7 Å². The fourth-order valence-corrected chi connectivity index (χ4v) is 3.34. The number of urea groups is 1. The van der Waals surface area contributed by atoms with Crippen LogP contribution in [0.25, 0.3) is 0 Å². The van der Waals surface area contributed by atoms with E-state index in [1.807, 2.05) is 11.6 Å². The summed E-state index contributed by atoms with van der Waals surface area (Å²) in [6, 6.07) is 2.12. The third-order valence-corrected chi connectivity index (χ3v) is 4.48. The SMILES string of the molecule is Cc1cc(C)n(C[C@H]2CCCN2CC(=O)N2CCNC2=O)n1. The summed E-state index contributed by atoms with van der Waals surface area (Å²) >= 11 is 0. The van der Waals surface area contributed by atoms with E-state index in [0.29, 0.717) is 25.7 Å². The molecule has 2 aliphatic heterocycles. The summed E-state index contributed by atoms with van der Waals surface area (Å²) in [5.74, 6) is -0.102. The molecular formula is C15H23N5O2. The van der Waals surface area contributed by atoms with Gasteiger partial charge in [0.25, 0.3) is 0 Å². The molecule has 3 rings (SSSR count). The fraction of sp³-hybridized carbons (Fsp3) is 0.667. The molecule has 1 aromatic heterocycles. The van der Waals surface area contributed by atoms with Crippen LogP contribution in [0, 0.1) is 13.8 Å². The minimum atomic E-state index is -0.265. The van der Waals surface area contributed by atoms with Gasteiger partial charge in [0.15, 0.2) is 0 Å². The first-order valence-electron chi connectivity index (χ1n) is 7.88. The highest BCUT2D eigenvalue weighted by Crippen LogP contribution is 2.20. The maximum Gasteiger partial charge on any atom is 0.324 e. The standard InChI is InChI=1S/C15H23N5O2/c1-11-8-12(2)20(17-11)9-13-4-3-6-18(13)10-14(21)19-7-5-16-15(19)22/h8,13H,3-7,9-10H2,1-2H3,(H,16,22)/t13-/m1/s1. The number of nitrogens with zero attached hydrogens (tertiary/aromatic N) is 4. The number of aryl methyl sites for hydroxylation is 2. The maximum absolute atomic E-state index is 12.3. The number of imide groups is 1. The van der Waals surface area contributed by atoms with Crippen molar-refractivity contribution in [2.45, 2.75) is 39.3 Å². The number of hydrogen-bond donors (Lipinski definition) is 1. The Morgan fingerprint density at radius 2 is 2.23 bits per heavy atom. The van der Waals surface area contributed by atoms with Crippen LogP contribution in [-0.2, 0) is 11.3 Å². The zero-order valence-corrected chi connectivity index (χ0v) is 13.2. The minimum absolute atomic E-state index is 0.102. The van der Waals surface area contributed by atoms with E-state index in [1.165, 1.54) is 4.90 Å². The van der Waals surface area contributed by atoms with E-state index < -0.39 is 0 Å². The van der Waals surface area contributed by atoms with Gasteiger partial charge in [0.2, 0.25) is 5.91 Å². The van der Waals surface area contributed by atoms with Gasteiger partial charge in [0.05, 0.1) is 18.8 Å². The number of aromatic nitrogens is 2. The number of rotatable bonds is 4. The number of carbonyl (C=O) groups excluding carboxylic acids is 2. The Morgan fingerprint density at radius 1 is 1.41 bits per heavy atom. The van der Waals surface area contributed by atoms with E-state index in [0.717, 1.165) is 37.3 Å². The first-order valence-corrected chi connectivity index (χ1v) is 7.88. The first-order chi connectivity index (χ1) is 10.5. The lowest BCUT2D eigenvalue weighted by molar-refractivity contribution is -0.129. The summed E-state index contributed by atoms with van der Waals surface area (Å²) in [7, 11) is 0. The molecule has 120 valence electrons. The molecule has 3 amide bonds. The molecule has 0 aromatic carbocycles. The van der Waals surface area contributed by atoms with E-state index in [9.17, 15) is 9.59 Å². The van der Waals surface area contributed by atoms with Crippen molar-refractivity contribution in [2.24, 2.45) is 0 Å². The van der Waals surface area contributed by atoms with Crippen molar-refractivity contribution in [3.8, 4) is 0 Å². The lowest BCUT2D eigenvalue weighted by Gasteiger charge is -2.25. The van der Waals surface area contributed by atoms with Crippen LogP contribution in [0.15, 0.2) is 6.07 Å². The molecule has 22 heavy (non-hydrogen) atoms. The van der Waals surface area contributed by atoms with Gasteiger partial charge in [-0.3, -0.25) is 19.3 Å². The van der Waals surface area contributed by atoms with Crippen LogP contribution in [0.5, 0.6) is 0 Å². The van der Waals surface area contributed by atoms with Crippen molar-refractivity contribution in [1.29, 1.82) is 0 Å². The predicted octanol–water partition coefficient (Wildman–Crippen LogP) is 0.516. The normalized spacial score (nSPS) is 22.4. The van der Waals surface area contributed by atoms with Gasteiger partial charge < -0.3 is 5.32 Å². The topological polar surface area (TPSA) is 70.5 Å². The van der Waals surface area contributed by atoms with Crippen molar-refractivity contribution in [3.05, 3.63) is 17.5 Å². The van der Waals surface area contributed by atoms with Crippen LogP contribution in [0.3, 0.4) is 0 Å². The average molecular weight is 305 g/mol. The molecule has 0 bridgehead atoms. The van der Waals surface area contributed by atoms with Crippen molar-refractivity contribution < 1.29 is 9.59 Å². The lowest BCUT2D eigenvalue weighted by atomic mass is 10.2. The largest absolute Gasteiger partial charge is 0.336 e. The molecule has 7 nitrogen and oxygen atoms in total. The number of amides is 3. The molecule has 3 heterocycles. The van der Waals surface area contributed by atoms with Crippen LogP contribution in [0.1, 0.15) is 24.2 Å². The van der Waals surface area contributed by atoms with E-state index in [4.69, 9.17) is 0 Å². The van der Waals surface area contributed by atoms with Gasteiger partial charge in [0, 0.05) is 24.8 Å². The second-order valence-electron chi connectivity index (χ2n) is 6.15. The lowest BCUT2D eigenvalue weighted by Crippen LogP contribution is -2.44. The molecule has 1 atom stereocenters. The highest BCUT2D eigenvalue weighted by Gasteiger charge is 2.32. The van der Waals surface area contributed by atoms with E-state index in [1.54, 1.807) is 0 Å². The van der Waals surface area contributed by atoms with Gasteiger partial charge in [-0.05, 0) is 39.3 Å². The van der Waals surface area contributed by atoms with Gasteiger partial charge >= 0.3 is 6.03 Å². The van der Waals surface area contributed by atoms with Crippen LogP contribution in [0.4, 0.5) is 4.79 Å². The highest BCUT2D eigenvalue weighted by atomic mass is 16.2. The summed E-state index contributed by atoms with van der Waals surface area (Å²) in [4.78, 5) is 27.4. The predicted molar refractivity (Wildman–Crippen MR) is 81.4 cm³/mol. The molecule has 2 aliphatic rings. The third-order valence-electron chi connectivity index (χ3n) is 4.48. The Bertz CT molecular complexity index is 582. The van der Waals surface area contributed by atoms with Gasteiger partial charge in [-0.2, -0.15) is 5.10 Å². The van der Waals surface area contributed by atoms with Crippen molar-refractivity contribution in [2.75, 3.05) is 26.2 Å². The zero-order valence-electron chi connectivity index (χ0n) is 13.2. The summed E-state index contributed by atoms with van der Waals surface area (Å²) in [5, 5.41) is 7.18. The molecule has 0 saturated carbocycles. The second-order valence-corrected chi connectivity index (χ2v) is 6.15. The third kappa shape index (κ3) is 2.99. The maximum atomic E-state index is 12.3. The van der Waals surface area contributed by atoms with Gasteiger partial charge in [-0.25, -0.2) is 4.79 Å². The number of hydrogen-bond acceptors (Lipinski definition) is 4. The zero-order chi connectivity index (χ0) is 15.7. The molecule has 0 radical (unpaired) electrons. The average Bonchev–Trinajstić information content (AvgIpc) is 3.14. The molecule has 0 spiro atoms. The van der Waals surface area contributed by atoms with Crippen LogP contribution >= 0.6 is 0 Å². The van der Waals surface area contributed by atoms with E-state index >= 15 is 0 Å². The Hall–Kier alpha value is -1.89. The van der Waals surface area contributed by atoms with Crippen molar-refractivity contribution in [1.82, 2.24) is 24.9 Å². The Balaban J connectivity index is 1.62. The quantitative estimate of drug-likeness (QED) is 0.880. The van der Waals surface area contributed by atoms with Crippen LogP contribution in [0.2, 0.25) is 0 Å². The van der Waals surface area contributed by atoms with Crippen molar-refractivity contribution in [3.63, 3.8) is 0 Å². The van der Waals surface area contributed by atoms with Crippen LogP contribution < -0.4 is 5.32 Å². The summed E-state index contributed by atoms with van der Waals surface area (Å²) in [6.45, 7) is 7.11. The minimum Gasteiger partial charge on any atom is -0.336 e. The van der Waals surface area contributed by atoms with E-state index in [-0.39, 0.29) is 11.9 Å². The second kappa shape index (κ2) is 6.08. The smallest absolute Gasteiger partial charge is 0.324 e. The number of carbonyl (C=O) groups is 2. The Kier molecular flexibility index (Phi) is 4.15. The van der Waals surface area contributed by atoms with Gasteiger partial charge in [0.1, 0.15) is 0 Å². The molecule has 0 unspecified atom stereocenters. The molecule has 1 N–H and O–H groups in total. The number of nitrogens with one attached hydrogen (secondary N) is 1. The molecule has 2 saturated heterocycles. The monoisotopic (exact) mass is 305 g/mol. The summed E-state index contributed by atoms with van der Waals surface area (Å²) < 4.78 is 2.02. The first kappa shape index (κ1) is 15.0. The fourth-order valence-electron chi connectivity index (χ4n) is 3.34. The molecular weight excluding hydrogens is 282 g/mol. The van der Waals surface area contributed by atoms with E-state index in [2.05, 4.69) is 28.3 Å². The van der Waals surface area contributed by atoms with Gasteiger partial charge in [-0.15, -0.1) is 0 Å². The molecule has 1 aromatic rings.